The molecule has 180 valence electrons. The van der Waals surface area contributed by atoms with Gasteiger partial charge in [0.1, 0.15) is 11.5 Å². The van der Waals surface area contributed by atoms with E-state index in [4.69, 9.17) is 4.74 Å². The van der Waals surface area contributed by atoms with Crippen LogP contribution in [0.4, 0.5) is 10.5 Å². The van der Waals surface area contributed by atoms with Crippen LogP contribution in [0.5, 0.6) is 23.0 Å². The molecule has 0 saturated heterocycles. The second-order valence-electron chi connectivity index (χ2n) is 7.82. The molecule has 3 aromatic rings. The zero-order valence-electron chi connectivity index (χ0n) is 18.7. The Morgan fingerprint density at radius 1 is 0.889 bits per heavy atom. The number of benzene rings is 3. The number of aromatic hydroxyl groups is 3. The van der Waals surface area contributed by atoms with Crippen LogP contribution in [0, 0.1) is 0 Å². The highest BCUT2D eigenvalue weighted by Gasteiger charge is 2.26. The summed E-state index contributed by atoms with van der Waals surface area (Å²) in [4.78, 5) is 24.5. The number of phenols is 2. The Balaban J connectivity index is 1.44. The molecule has 11 nitrogen and oxygen atoms in total. The first-order valence-electron chi connectivity index (χ1n) is 10.6. The standard InChI is InChI=1S/C25H19N5O6/c1-36-14-8-5-12(6-9-14)21-20-22(28-27-21)15-3-2-4-16(19(15)23(20)33)26-25(35)30-29-24(34)13-7-10-17(31)18(32)11-13/h2-11,27-28,31-33H,1H3,(H,26,35). The quantitative estimate of drug-likeness (QED) is 0.150. The molecule has 0 spiro atoms. The van der Waals surface area contributed by atoms with E-state index in [-0.39, 0.29) is 17.0 Å². The lowest BCUT2D eigenvalue weighted by molar-refractivity contribution is 0.0993. The van der Waals surface area contributed by atoms with Crippen LogP contribution < -0.4 is 10.1 Å². The van der Waals surface area contributed by atoms with Gasteiger partial charge in [-0.1, -0.05) is 17.2 Å². The number of carbonyl (C=O) groups is 2. The van der Waals surface area contributed by atoms with Gasteiger partial charge in [0.2, 0.25) is 0 Å². The molecule has 3 amide bonds. The van der Waals surface area contributed by atoms with Crippen molar-refractivity contribution in [1.29, 1.82) is 0 Å². The maximum atomic E-state index is 12.4. The number of aromatic amines is 2. The van der Waals surface area contributed by atoms with Gasteiger partial charge in [-0.3, -0.25) is 15.0 Å². The topological polar surface area (TPSA) is 172 Å². The van der Waals surface area contributed by atoms with E-state index in [1.807, 2.05) is 12.1 Å². The Hall–Kier alpha value is -5.32. The van der Waals surface area contributed by atoms with Gasteiger partial charge < -0.3 is 25.4 Å². The molecule has 0 fully saturated rings. The van der Waals surface area contributed by atoms with E-state index in [0.717, 1.165) is 17.7 Å². The number of nitrogens with one attached hydrogen (secondary N) is 3. The summed E-state index contributed by atoms with van der Waals surface area (Å²) in [6, 6.07) is 14.8. The van der Waals surface area contributed by atoms with Crippen molar-refractivity contribution in [1.82, 2.24) is 10.2 Å². The van der Waals surface area contributed by atoms with Crippen LogP contribution in [0.3, 0.4) is 0 Å². The predicted octanol–water partition coefficient (Wildman–Crippen LogP) is 5.22. The number of anilines is 1. The number of phenolic OH excluding ortho intramolecular Hbond substituents is 2. The number of carbonyl (C=O) groups excluding carboxylic acids is 2. The Morgan fingerprint density at radius 2 is 1.64 bits per heavy atom. The predicted molar refractivity (Wildman–Crippen MR) is 131 cm³/mol. The fourth-order valence-corrected chi connectivity index (χ4v) is 3.98. The molecular formula is C25H19N5O6. The average molecular weight is 485 g/mol. The van der Waals surface area contributed by atoms with Crippen molar-refractivity contribution in [3.05, 3.63) is 66.2 Å². The number of fused-ring (bicyclic) bond motifs is 3. The van der Waals surface area contributed by atoms with Crippen molar-refractivity contribution in [2.45, 2.75) is 0 Å². The Bertz CT molecular complexity index is 1620. The summed E-state index contributed by atoms with van der Waals surface area (Å²) in [5.41, 5.74) is 2.87. The van der Waals surface area contributed by atoms with Crippen molar-refractivity contribution in [3.8, 4) is 45.5 Å². The summed E-state index contributed by atoms with van der Waals surface area (Å²) < 4.78 is 5.20. The molecule has 2 aliphatic rings. The number of hydrogen-bond acceptors (Lipinski definition) is 6. The maximum absolute atomic E-state index is 12.4. The smallest absolute Gasteiger partial charge is 0.364 e. The number of methoxy groups -OCH3 is 1. The summed E-state index contributed by atoms with van der Waals surface area (Å²) in [5.74, 6) is -1.13. The lowest BCUT2D eigenvalue weighted by atomic mass is 10.1. The lowest BCUT2D eigenvalue weighted by Crippen LogP contribution is -2.06. The molecular weight excluding hydrogens is 466 g/mol. The summed E-state index contributed by atoms with van der Waals surface area (Å²) in [5, 5.41) is 46.5. The van der Waals surface area contributed by atoms with E-state index in [0.29, 0.717) is 33.5 Å². The van der Waals surface area contributed by atoms with E-state index in [9.17, 15) is 24.9 Å². The number of rotatable bonds is 4. The molecule has 0 radical (unpaired) electrons. The Labute approximate surface area is 203 Å². The normalized spacial score (nSPS) is 11.4. The van der Waals surface area contributed by atoms with Gasteiger partial charge in [-0.25, -0.2) is 4.79 Å². The minimum atomic E-state index is -0.940. The summed E-state index contributed by atoms with van der Waals surface area (Å²) >= 11 is 0. The monoisotopic (exact) mass is 485 g/mol. The minimum absolute atomic E-state index is 0.0493. The highest BCUT2D eigenvalue weighted by molar-refractivity contribution is 6.16. The van der Waals surface area contributed by atoms with Crippen LogP contribution in [0.2, 0.25) is 0 Å². The molecule has 0 atom stereocenters. The molecule has 36 heavy (non-hydrogen) atoms. The van der Waals surface area contributed by atoms with Gasteiger partial charge >= 0.3 is 6.03 Å². The molecule has 0 bridgehead atoms. The molecule has 1 aliphatic heterocycles. The zero-order valence-corrected chi connectivity index (χ0v) is 18.7. The Kier molecular flexibility index (Phi) is 5.49. The second kappa shape index (κ2) is 8.80. The minimum Gasteiger partial charge on any atom is -0.506 e. The summed E-state index contributed by atoms with van der Waals surface area (Å²) in [6.45, 7) is 0. The first kappa shape index (κ1) is 22.5. The van der Waals surface area contributed by atoms with E-state index in [1.54, 1.807) is 37.4 Å². The second-order valence-corrected chi connectivity index (χ2v) is 7.82. The van der Waals surface area contributed by atoms with E-state index in [1.165, 1.54) is 6.07 Å². The number of nitrogens with zero attached hydrogens (tertiary/aromatic N) is 2. The maximum Gasteiger partial charge on any atom is 0.364 e. The largest absolute Gasteiger partial charge is 0.506 e. The van der Waals surface area contributed by atoms with Crippen molar-refractivity contribution in [2.75, 3.05) is 12.4 Å². The number of H-pyrrole nitrogens is 2. The van der Waals surface area contributed by atoms with Gasteiger partial charge in [0.25, 0.3) is 5.91 Å². The van der Waals surface area contributed by atoms with Crippen molar-refractivity contribution < 1.29 is 29.6 Å². The number of ether oxygens (including phenoxy) is 1. The summed E-state index contributed by atoms with van der Waals surface area (Å²) in [6.07, 6.45) is 0. The molecule has 11 heteroatoms. The number of amides is 3. The SMILES string of the molecule is COc1ccc(-c2[nH][nH]c3c4cccc(NC(=O)N=NC(=O)c5ccc(O)c(O)c5)c4c(O)c2-3)cc1. The average Bonchev–Trinajstić information content (AvgIpc) is 3.44. The van der Waals surface area contributed by atoms with Gasteiger partial charge in [-0.05, 0) is 48.5 Å². The van der Waals surface area contributed by atoms with E-state index in [2.05, 4.69) is 25.7 Å². The van der Waals surface area contributed by atoms with Gasteiger partial charge in [-0.2, -0.15) is 0 Å². The van der Waals surface area contributed by atoms with Crippen molar-refractivity contribution in [2.24, 2.45) is 10.2 Å². The first-order chi connectivity index (χ1) is 17.4. The van der Waals surface area contributed by atoms with Gasteiger partial charge in [0.05, 0.1) is 35.1 Å². The highest BCUT2D eigenvalue weighted by atomic mass is 16.5. The highest BCUT2D eigenvalue weighted by Crippen LogP contribution is 2.50. The van der Waals surface area contributed by atoms with Gasteiger partial charge in [-0.15, -0.1) is 5.11 Å². The van der Waals surface area contributed by atoms with Crippen molar-refractivity contribution >= 4 is 28.4 Å². The van der Waals surface area contributed by atoms with Crippen LogP contribution in [0.25, 0.3) is 33.3 Å². The zero-order chi connectivity index (χ0) is 25.4. The molecule has 0 saturated carbocycles. The molecule has 5 rings (SSSR count). The van der Waals surface area contributed by atoms with Crippen LogP contribution in [-0.2, 0) is 0 Å². The molecule has 0 aromatic heterocycles. The summed E-state index contributed by atoms with van der Waals surface area (Å²) in [7, 11) is 1.58. The molecule has 3 aromatic carbocycles. The van der Waals surface area contributed by atoms with Gasteiger partial charge in [0, 0.05) is 16.5 Å². The first-order valence-corrected chi connectivity index (χ1v) is 10.6. The number of azo groups is 1. The number of urea groups is 1. The molecule has 0 unspecified atom stereocenters. The van der Waals surface area contributed by atoms with E-state index < -0.39 is 23.4 Å². The third-order valence-electron chi connectivity index (χ3n) is 5.69. The fourth-order valence-electron chi connectivity index (χ4n) is 3.98. The van der Waals surface area contributed by atoms with Crippen LogP contribution in [0.15, 0.2) is 70.9 Å². The Morgan fingerprint density at radius 3 is 2.36 bits per heavy atom. The number of aromatic nitrogens is 2. The third kappa shape index (κ3) is 3.84. The fraction of sp³-hybridized carbons (Fsp3) is 0.0400. The lowest BCUT2D eigenvalue weighted by Gasteiger charge is -2.05. The van der Waals surface area contributed by atoms with Crippen LogP contribution in [-0.4, -0.2) is 44.6 Å². The molecule has 6 N–H and O–H groups in total. The third-order valence-corrected chi connectivity index (χ3v) is 5.69. The van der Waals surface area contributed by atoms with Crippen LogP contribution >= 0.6 is 0 Å². The van der Waals surface area contributed by atoms with Gasteiger partial charge in [0.15, 0.2) is 11.5 Å². The number of hydrogen-bond donors (Lipinski definition) is 6. The molecule has 1 aliphatic carbocycles. The van der Waals surface area contributed by atoms with E-state index >= 15 is 0 Å². The molecule has 1 heterocycles. The van der Waals surface area contributed by atoms with Crippen LogP contribution in [0.1, 0.15) is 10.4 Å². The van der Waals surface area contributed by atoms with Crippen molar-refractivity contribution in [3.63, 3.8) is 0 Å².